The average molecular weight is 543 g/mol. The molecule has 1 atom stereocenters. The summed E-state index contributed by atoms with van der Waals surface area (Å²) in [5.74, 6) is -0.963. The molecule has 1 aromatic carbocycles. The third kappa shape index (κ3) is 6.57. The highest BCUT2D eigenvalue weighted by molar-refractivity contribution is 7.87. The van der Waals surface area contributed by atoms with Crippen molar-refractivity contribution in [2.24, 2.45) is 5.92 Å². The number of alkyl halides is 1. The van der Waals surface area contributed by atoms with E-state index in [2.05, 4.69) is 9.97 Å². The molecule has 0 fully saturated rings. The minimum Gasteiger partial charge on any atom is -0.476 e. The van der Waals surface area contributed by atoms with E-state index in [1.165, 1.54) is 54.7 Å². The molecule has 9 nitrogen and oxygen atoms in total. The lowest BCUT2D eigenvalue weighted by Crippen LogP contribution is -2.50. The summed E-state index contributed by atoms with van der Waals surface area (Å²) in [4.78, 5) is 20.3. The molecule has 35 heavy (non-hydrogen) atoms. The normalized spacial score (nSPS) is 13.3. The van der Waals surface area contributed by atoms with Crippen LogP contribution in [0.3, 0.4) is 0 Å². The van der Waals surface area contributed by atoms with E-state index in [-0.39, 0.29) is 33.8 Å². The van der Waals surface area contributed by atoms with Crippen molar-refractivity contribution in [3.8, 4) is 11.6 Å². The molecule has 1 N–H and O–H groups in total. The maximum Gasteiger partial charge on any atom is 0.335 e. The molecule has 0 spiro atoms. The van der Waals surface area contributed by atoms with E-state index in [4.69, 9.17) is 32.7 Å². The number of rotatable bonds is 10. The van der Waals surface area contributed by atoms with Crippen LogP contribution in [0.1, 0.15) is 29.9 Å². The quantitative estimate of drug-likeness (QED) is 0.174. The third-order valence-electron chi connectivity index (χ3n) is 4.26. The Morgan fingerprint density at radius 2 is 1.86 bits per heavy atom. The molecule has 186 valence electrons. The fourth-order valence-electron chi connectivity index (χ4n) is 2.66. The van der Waals surface area contributed by atoms with Gasteiger partial charge in [-0.2, -0.15) is 8.42 Å². The number of nitrogens with zero attached hydrogens (tertiary/aromatic N) is 3. The van der Waals surface area contributed by atoms with Gasteiger partial charge in [-0.25, -0.2) is 9.71 Å². The number of pyridine rings is 2. The predicted octanol–water partition coefficient (Wildman–Crippen LogP) is 4.45. The van der Waals surface area contributed by atoms with Crippen LogP contribution in [0, 0.1) is 5.92 Å². The van der Waals surface area contributed by atoms with Gasteiger partial charge >= 0.3 is 15.4 Å². The topological polar surface area (TPSA) is 111 Å². The second kappa shape index (κ2) is 11.2. The highest BCUT2D eigenvalue weighted by Crippen LogP contribution is 2.38. The van der Waals surface area contributed by atoms with E-state index in [0.29, 0.717) is 6.61 Å². The number of amides is 1. The molecular formula is C22H21Cl2FN4O5S. The van der Waals surface area contributed by atoms with E-state index in [1.54, 1.807) is 10.8 Å². The van der Waals surface area contributed by atoms with E-state index in [0.717, 1.165) is 6.20 Å². The van der Waals surface area contributed by atoms with Crippen LogP contribution >= 0.6 is 23.2 Å². The Morgan fingerprint density at radius 1 is 1.17 bits per heavy atom. The van der Waals surface area contributed by atoms with E-state index in [1.807, 2.05) is 13.8 Å². The Bertz CT molecular complexity index is 1270. The summed E-state index contributed by atoms with van der Waals surface area (Å²) in [6.45, 7) is 4.22. The number of aromatic nitrogens is 2. The molecule has 3 rings (SSSR count). The van der Waals surface area contributed by atoms with Crippen LogP contribution < -0.4 is 14.2 Å². The van der Waals surface area contributed by atoms with Gasteiger partial charge in [0.1, 0.15) is 16.5 Å². The Hall–Kier alpha value is -2.99. The highest BCUT2D eigenvalue weighted by Gasteiger charge is 2.50. The minimum absolute atomic E-state index is 0.0172. The lowest BCUT2D eigenvalue weighted by molar-refractivity contribution is -0.0723. The van der Waals surface area contributed by atoms with Crippen LogP contribution in [0.5, 0.6) is 11.6 Å². The van der Waals surface area contributed by atoms with E-state index < -0.39 is 25.8 Å². The van der Waals surface area contributed by atoms with Crippen molar-refractivity contribution in [2.75, 3.05) is 6.61 Å². The summed E-state index contributed by atoms with van der Waals surface area (Å²) in [5.41, 5.74) is -0.352. The molecule has 2 heterocycles. The summed E-state index contributed by atoms with van der Waals surface area (Å²) in [5, 5.41) is -2.84. The summed E-state index contributed by atoms with van der Waals surface area (Å²) in [6.07, 6.45) is 2.39. The zero-order chi connectivity index (χ0) is 25.6. The average Bonchev–Trinajstić information content (AvgIpc) is 2.83. The van der Waals surface area contributed by atoms with Crippen LogP contribution in [0.2, 0.25) is 5.02 Å². The number of halogens is 3. The van der Waals surface area contributed by atoms with Crippen LogP contribution in [-0.4, -0.2) is 35.4 Å². The number of hydrogen-bond donors (Lipinski definition) is 1. The first kappa shape index (κ1) is 26.6. The second-order valence-electron chi connectivity index (χ2n) is 7.56. The molecule has 0 aliphatic heterocycles. The van der Waals surface area contributed by atoms with Crippen molar-refractivity contribution in [1.29, 1.82) is 0 Å². The number of ether oxygens (including phenoxy) is 2. The molecule has 0 bridgehead atoms. The van der Waals surface area contributed by atoms with E-state index in [9.17, 15) is 13.2 Å². The van der Waals surface area contributed by atoms with Crippen molar-refractivity contribution >= 4 is 39.3 Å². The largest absolute Gasteiger partial charge is 0.476 e. The summed E-state index contributed by atoms with van der Waals surface area (Å²) in [7, 11) is -5.18. The van der Waals surface area contributed by atoms with Crippen molar-refractivity contribution in [3.05, 3.63) is 83.3 Å². The third-order valence-corrected chi connectivity index (χ3v) is 6.18. The Morgan fingerprint density at radius 3 is 2.46 bits per heavy atom. The SMILES string of the molecule is CC(C)COc1ncc(OC(Cl)(c2ccccn2)N(F)S(=O)(=O)NC(=O)c2ccccc2)cc1Cl. The van der Waals surface area contributed by atoms with Crippen LogP contribution in [-0.2, 0) is 15.4 Å². The van der Waals surface area contributed by atoms with Gasteiger partial charge in [0.15, 0.2) is 0 Å². The summed E-state index contributed by atoms with van der Waals surface area (Å²) < 4.78 is 52.8. The molecule has 0 aliphatic carbocycles. The zero-order valence-electron chi connectivity index (χ0n) is 18.6. The van der Waals surface area contributed by atoms with Crippen molar-refractivity contribution < 1.29 is 27.2 Å². The monoisotopic (exact) mass is 542 g/mol. The number of carbonyl (C=O) groups is 1. The van der Waals surface area contributed by atoms with Gasteiger partial charge in [-0.05, 0) is 41.8 Å². The number of benzene rings is 1. The molecule has 1 amide bonds. The fraction of sp³-hybridized carbons (Fsp3) is 0.227. The molecule has 0 aliphatic rings. The van der Waals surface area contributed by atoms with Crippen LogP contribution in [0.25, 0.3) is 0 Å². The Kier molecular flexibility index (Phi) is 8.49. The van der Waals surface area contributed by atoms with Gasteiger partial charge in [0.25, 0.3) is 5.91 Å². The van der Waals surface area contributed by atoms with Crippen LogP contribution in [0.4, 0.5) is 4.48 Å². The molecular weight excluding hydrogens is 522 g/mol. The molecule has 2 aromatic heterocycles. The minimum atomic E-state index is -5.18. The van der Waals surface area contributed by atoms with Crippen molar-refractivity contribution in [1.82, 2.24) is 19.2 Å². The van der Waals surface area contributed by atoms with Gasteiger partial charge in [-0.15, -0.1) is 4.48 Å². The fourth-order valence-corrected chi connectivity index (χ4v) is 4.21. The molecule has 0 saturated heterocycles. The standard InChI is InChI=1S/C22H21Cl2FN4O5S/c1-15(2)14-33-21-18(23)12-17(13-27-21)34-22(24,19-10-6-7-11-26-19)29(25)35(31,32)28-20(30)16-8-4-3-5-9-16/h3-13,15H,14H2,1-2H3,(H,28,30). The molecule has 13 heteroatoms. The molecule has 0 radical (unpaired) electrons. The number of carbonyl (C=O) groups excluding carboxylic acids is 1. The maximum absolute atomic E-state index is 15.5. The molecule has 3 aromatic rings. The van der Waals surface area contributed by atoms with Gasteiger partial charge in [0.2, 0.25) is 5.88 Å². The first-order chi connectivity index (χ1) is 16.5. The lowest BCUT2D eigenvalue weighted by Gasteiger charge is -2.31. The maximum atomic E-state index is 15.5. The van der Waals surface area contributed by atoms with Crippen LogP contribution in [0.15, 0.2) is 67.0 Å². The molecule has 0 saturated carbocycles. The van der Waals surface area contributed by atoms with Gasteiger partial charge in [0, 0.05) is 22.4 Å². The van der Waals surface area contributed by atoms with Gasteiger partial charge < -0.3 is 9.47 Å². The zero-order valence-corrected chi connectivity index (χ0v) is 20.9. The second-order valence-corrected chi connectivity index (χ2v) is 9.95. The van der Waals surface area contributed by atoms with Crippen molar-refractivity contribution in [2.45, 2.75) is 19.0 Å². The first-order valence-corrected chi connectivity index (χ1v) is 12.4. The highest BCUT2D eigenvalue weighted by atomic mass is 35.5. The Balaban J connectivity index is 1.92. The summed E-state index contributed by atoms with van der Waals surface area (Å²) >= 11 is 12.6. The number of nitrogens with one attached hydrogen (secondary N) is 1. The number of hydrogen-bond acceptors (Lipinski definition) is 7. The van der Waals surface area contributed by atoms with Gasteiger partial charge in [-0.3, -0.25) is 9.78 Å². The predicted molar refractivity (Wildman–Crippen MR) is 128 cm³/mol. The van der Waals surface area contributed by atoms with Crippen molar-refractivity contribution in [3.63, 3.8) is 0 Å². The van der Waals surface area contributed by atoms with Gasteiger partial charge in [0.05, 0.1) is 12.8 Å². The van der Waals surface area contributed by atoms with Gasteiger partial charge in [-0.1, -0.05) is 49.7 Å². The summed E-state index contributed by atoms with van der Waals surface area (Å²) in [6, 6.07) is 12.8. The molecule has 1 unspecified atom stereocenters. The first-order valence-electron chi connectivity index (χ1n) is 10.2. The van der Waals surface area contributed by atoms with E-state index >= 15 is 4.48 Å². The lowest BCUT2D eigenvalue weighted by atomic mass is 10.2. The Labute approximate surface area is 211 Å². The smallest absolute Gasteiger partial charge is 0.335 e.